The summed E-state index contributed by atoms with van der Waals surface area (Å²) in [5.74, 6) is -0.642. The minimum atomic E-state index is -0.412. The van der Waals surface area contributed by atoms with E-state index in [9.17, 15) is 13.9 Å². The highest BCUT2D eigenvalue weighted by molar-refractivity contribution is 5.35. The summed E-state index contributed by atoms with van der Waals surface area (Å²) in [5, 5.41) is 17.3. The highest BCUT2D eigenvalue weighted by atomic mass is 19.1. The molecule has 0 aromatic heterocycles. The number of hydrogen-bond acceptors (Lipinski definition) is 3. The van der Waals surface area contributed by atoms with Gasteiger partial charge in [-0.3, -0.25) is 0 Å². The first-order valence-electron chi connectivity index (χ1n) is 6.19. The third-order valence-electron chi connectivity index (χ3n) is 2.76. The highest BCUT2D eigenvalue weighted by Gasteiger charge is 2.07. The minimum Gasteiger partial charge on any atom is -0.394 e. The Morgan fingerprint density at radius 2 is 1.45 bits per heavy atom. The standard InChI is InChI=1S/C15H14F2N2O/c16-12-3-1-11(2-4-12)9-15(10-20)19-18-14-7-5-13(17)6-8-14/h1-8,15,20H,9-10H2. The van der Waals surface area contributed by atoms with Gasteiger partial charge in [0.1, 0.15) is 11.6 Å². The van der Waals surface area contributed by atoms with Crippen LogP contribution in [0.15, 0.2) is 58.8 Å². The lowest BCUT2D eigenvalue weighted by atomic mass is 10.1. The van der Waals surface area contributed by atoms with Gasteiger partial charge in [-0.2, -0.15) is 10.2 Å². The summed E-state index contributed by atoms with van der Waals surface area (Å²) in [6.07, 6.45) is 0.460. The lowest BCUT2D eigenvalue weighted by Crippen LogP contribution is -2.12. The number of aliphatic hydroxyl groups excluding tert-OH is 1. The maximum atomic E-state index is 12.8. The average Bonchev–Trinajstić information content (AvgIpc) is 2.47. The number of benzene rings is 2. The van der Waals surface area contributed by atoms with E-state index in [2.05, 4.69) is 10.2 Å². The van der Waals surface area contributed by atoms with Crippen LogP contribution >= 0.6 is 0 Å². The van der Waals surface area contributed by atoms with Crippen molar-refractivity contribution in [3.8, 4) is 0 Å². The Balaban J connectivity index is 2.01. The Morgan fingerprint density at radius 1 is 0.900 bits per heavy atom. The van der Waals surface area contributed by atoms with Gasteiger partial charge in [0.15, 0.2) is 0 Å². The fourth-order valence-electron chi connectivity index (χ4n) is 1.69. The van der Waals surface area contributed by atoms with Crippen LogP contribution < -0.4 is 0 Å². The zero-order valence-corrected chi connectivity index (χ0v) is 10.7. The van der Waals surface area contributed by atoms with Crippen LogP contribution in [0.5, 0.6) is 0 Å². The monoisotopic (exact) mass is 276 g/mol. The van der Waals surface area contributed by atoms with Crippen LogP contribution in [0.1, 0.15) is 5.56 Å². The van der Waals surface area contributed by atoms with E-state index in [0.717, 1.165) is 5.56 Å². The van der Waals surface area contributed by atoms with Crippen molar-refractivity contribution in [2.45, 2.75) is 12.5 Å². The van der Waals surface area contributed by atoms with Crippen LogP contribution in [0.2, 0.25) is 0 Å². The normalized spacial score (nSPS) is 12.8. The zero-order chi connectivity index (χ0) is 14.4. The lowest BCUT2D eigenvalue weighted by molar-refractivity contribution is 0.262. The number of hydrogen-bond donors (Lipinski definition) is 1. The first-order chi connectivity index (χ1) is 9.67. The van der Waals surface area contributed by atoms with Crippen molar-refractivity contribution in [2.24, 2.45) is 10.2 Å². The maximum absolute atomic E-state index is 12.8. The van der Waals surface area contributed by atoms with Crippen molar-refractivity contribution < 1.29 is 13.9 Å². The summed E-state index contributed by atoms with van der Waals surface area (Å²) in [5.41, 5.74) is 1.38. The fraction of sp³-hybridized carbons (Fsp3) is 0.200. The number of nitrogens with zero attached hydrogens (tertiary/aromatic N) is 2. The van der Waals surface area contributed by atoms with Gasteiger partial charge in [-0.05, 0) is 48.4 Å². The van der Waals surface area contributed by atoms with Crippen molar-refractivity contribution in [2.75, 3.05) is 6.61 Å². The molecular weight excluding hydrogens is 262 g/mol. The molecule has 104 valence electrons. The van der Waals surface area contributed by atoms with Crippen LogP contribution in [-0.4, -0.2) is 17.8 Å². The van der Waals surface area contributed by atoms with Gasteiger partial charge in [-0.1, -0.05) is 12.1 Å². The molecule has 2 aromatic carbocycles. The van der Waals surface area contributed by atoms with Gasteiger partial charge < -0.3 is 5.11 Å². The maximum Gasteiger partial charge on any atom is 0.123 e. The van der Waals surface area contributed by atoms with Crippen molar-refractivity contribution in [3.63, 3.8) is 0 Å². The van der Waals surface area contributed by atoms with E-state index >= 15 is 0 Å². The first kappa shape index (κ1) is 14.3. The number of rotatable bonds is 5. The second-order valence-electron chi connectivity index (χ2n) is 4.36. The molecule has 1 atom stereocenters. The van der Waals surface area contributed by atoms with Crippen molar-refractivity contribution in [3.05, 3.63) is 65.7 Å². The van der Waals surface area contributed by atoms with E-state index in [1.807, 2.05) is 0 Å². The van der Waals surface area contributed by atoms with E-state index in [-0.39, 0.29) is 18.2 Å². The second kappa shape index (κ2) is 6.86. The molecule has 0 aliphatic carbocycles. The van der Waals surface area contributed by atoms with Gasteiger partial charge in [-0.25, -0.2) is 8.78 Å². The molecule has 0 aliphatic heterocycles. The molecular formula is C15H14F2N2O. The number of halogens is 2. The van der Waals surface area contributed by atoms with Gasteiger partial charge in [-0.15, -0.1) is 0 Å². The van der Waals surface area contributed by atoms with Crippen LogP contribution in [0, 0.1) is 11.6 Å². The quantitative estimate of drug-likeness (QED) is 0.832. The highest BCUT2D eigenvalue weighted by Crippen LogP contribution is 2.15. The molecule has 2 aromatic rings. The SMILES string of the molecule is OCC(Cc1ccc(F)cc1)N=Nc1ccc(F)cc1. The molecule has 0 saturated carbocycles. The van der Waals surface area contributed by atoms with E-state index < -0.39 is 6.04 Å². The number of aliphatic hydroxyl groups is 1. The van der Waals surface area contributed by atoms with Crippen LogP contribution in [0.4, 0.5) is 14.5 Å². The molecule has 0 spiro atoms. The van der Waals surface area contributed by atoms with Gasteiger partial charge in [0.05, 0.1) is 18.3 Å². The van der Waals surface area contributed by atoms with E-state index in [1.54, 1.807) is 12.1 Å². The Labute approximate surface area is 115 Å². The molecule has 0 heterocycles. The molecule has 0 aliphatic rings. The zero-order valence-electron chi connectivity index (χ0n) is 10.7. The number of azo groups is 1. The Morgan fingerprint density at radius 3 is 2.00 bits per heavy atom. The Kier molecular flexibility index (Phi) is 4.90. The van der Waals surface area contributed by atoms with Gasteiger partial charge in [0.25, 0.3) is 0 Å². The molecule has 3 nitrogen and oxygen atoms in total. The van der Waals surface area contributed by atoms with Crippen LogP contribution in [-0.2, 0) is 6.42 Å². The summed E-state index contributed by atoms with van der Waals surface area (Å²) >= 11 is 0. The van der Waals surface area contributed by atoms with Crippen LogP contribution in [0.3, 0.4) is 0 Å². The van der Waals surface area contributed by atoms with E-state index in [1.165, 1.54) is 36.4 Å². The average molecular weight is 276 g/mol. The van der Waals surface area contributed by atoms with E-state index in [4.69, 9.17) is 0 Å². The molecule has 1 unspecified atom stereocenters. The largest absolute Gasteiger partial charge is 0.394 e. The summed E-state index contributed by atoms with van der Waals surface area (Å²) in [6.45, 7) is -0.165. The van der Waals surface area contributed by atoms with Gasteiger partial charge in [0.2, 0.25) is 0 Å². The van der Waals surface area contributed by atoms with Crippen molar-refractivity contribution in [1.82, 2.24) is 0 Å². The smallest absolute Gasteiger partial charge is 0.123 e. The fourth-order valence-corrected chi connectivity index (χ4v) is 1.69. The third-order valence-corrected chi connectivity index (χ3v) is 2.76. The molecule has 0 radical (unpaired) electrons. The summed E-state index contributed by atoms with van der Waals surface area (Å²) in [6, 6.07) is 11.2. The van der Waals surface area contributed by atoms with Crippen molar-refractivity contribution >= 4 is 5.69 Å². The predicted octanol–water partition coefficient (Wildman–Crippen LogP) is 3.65. The molecule has 0 fully saturated rings. The summed E-state index contributed by atoms with van der Waals surface area (Å²) in [4.78, 5) is 0. The predicted molar refractivity (Wildman–Crippen MR) is 71.9 cm³/mol. The van der Waals surface area contributed by atoms with Gasteiger partial charge in [0, 0.05) is 0 Å². The molecule has 1 N–H and O–H groups in total. The van der Waals surface area contributed by atoms with Crippen molar-refractivity contribution in [1.29, 1.82) is 0 Å². The minimum absolute atomic E-state index is 0.165. The van der Waals surface area contributed by atoms with Crippen LogP contribution in [0.25, 0.3) is 0 Å². The molecule has 20 heavy (non-hydrogen) atoms. The first-order valence-corrected chi connectivity index (χ1v) is 6.19. The molecule has 2 rings (SSSR count). The summed E-state index contributed by atoms with van der Waals surface area (Å²) in [7, 11) is 0. The molecule has 0 amide bonds. The molecule has 5 heteroatoms. The van der Waals surface area contributed by atoms with E-state index in [0.29, 0.717) is 12.1 Å². The Hall–Kier alpha value is -2.14. The van der Waals surface area contributed by atoms with Gasteiger partial charge >= 0.3 is 0 Å². The second-order valence-corrected chi connectivity index (χ2v) is 4.36. The lowest BCUT2D eigenvalue weighted by Gasteiger charge is -2.07. The molecule has 0 bridgehead atoms. The Bertz CT molecular complexity index is 567. The topological polar surface area (TPSA) is 45.0 Å². The molecule has 0 saturated heterocycles. The summed E-state index contributed by atoms with van der Waals surface area (Å²) < 4.78 is 25.5. The third kappa shape index (κ3) is 4.20.